The molecular formula is C14H14O4S. The summed E-state index contributed by atoms with van der Waals surface area (Å²) >= 11 is 0. The molecule has 0 spiro atoms. The van der Waals surface area contributed by atoms with E-state index < -0.39 is 16.8 Å². The summed E-state index contributed by atoms with van der Waals surface area (Å²) in [6.45, 7) is 1.59. The van der Waals surface area contributed by atoms with Crippen molar-refractivity contribution in [1.82, 2.24) is 0 Å². The maximum Gasteiger partial charge on any atom is 0.339 e. The summed E-state index contributed by atoms with van der Waals surface area (Å²) in [7, 11) is -1.12. The van der Waals surface area contributed by atoms with Crippen molar-refractivity contribution in [3.63, 3.8) is 0 Å². The summed E-state index contributed by atoms with van der Waals surface area (Å²) in [4.78, 5) is 10.9. The predicted octanol–water partition coefficient (Wildman–Crippen LogP) is 2.74. The quantitative estimate of drug-likeness (QED) is 0.913. The van der Waals surface area contributed by atoms with Crippen molar-refractivity contribution >= 4 is 16.8 Å². The first-order valence-electron chi connectivity index (χ1n) is 5.78. The van der Waals surface area contributed by atoms with Gasteiger partial charge < -0.3 is 9.52 Å². The molecule has 1 unspecified atom stereocenters. The lowest BCUT2D eigenvalue weighted by Gasteiger charge is -2.00. The number of aryl methyl sites for hydroxylation is 1. The molecule has 0 saturated heterocycles. The Labute approximate surface area is 113 Å². The summed E-state index contributed by atoms with van der Waals surface area (Å²) in [5.74, 6) is 0.427. The van der Waals surface area contributed by atoms with Crippen LogP contribution in [0.25, 0.3) is 0 Å². The third kappa shape index (κ3) is 3.54. The number of carbonyl (C=O) groups is 1. The fourth-order valence-corrected chi connectivity index (χ4v) is 2.92. The lowest BCUT2D eigenvalue weighted by atomic mass is 10.2. The van der Waals surface area contributed by atoms with Crippen LogP contribution in [0.1, 0.15) is 27.4 Å². The zero-order valence-electron chi connectivity index (χ0n) is 10.5. The van der Waals surface area contributed by atoms with Gasteiger partial charge in [0, 0.05) is 16.6 Å². The molecule has 0 fully saturated rings. The van der Waals surface area contributed by atoms with Gasteiger partial charge >= 0.3 is 5.97 Å². The number of furan rings is 1. The number of hydrogen-bond acceptors (Lipinski definition) is 3. The number of carboxylic acids is 1. The molecule has 100 valence electrons. The van der Waals surface area contributed by atoms with Crippen LogP contribution in [0.2, 0.25) is 0 Å². The van der Waals surface area contributed by atoms with Crippen LogP contribution >= 0.6 is 0 Å². The third-order valence-electron chi connectivity index (χ3n) is 2.67. The largest absolute Gasteiger partial charge is 0.478 e. The van der Waals surface area contributed by atoms with Crippen molar-refractivity contribution in [1.29, 1.82) is 0 Å². The van der Waals surface area contributed by atoms with Crippen LogP contribution in [-0.2, 0) is 22.3 Å². The summed E-state index contributed by atoms with van der Waals surface area (Å²) in [5, 5.41) is 8.91. The average molecular weight is 278 g/mol. The van der Waals surface area contributed by atoms with Crippen molar-refractivity contribution < 1.29 is 18.5 Å². The second kappa shape index (κ2) is 5.84. The minimum absolute atomic E-state index is 0.131. The number of rotatable bonds is 5. The van der Waals surface area contributed by atoms with Gasteiger partial charge in [0.15, 0.2) is 0 Å². The normalized spacial score (nSPS) is 12.3. The van der Waals surface area contributed by atoms with E-state index >= 15 is 0 Å². The van der Waals surface area contributed by atoms with E-state index in [2.05, 4.69) is 0 Å². The molecule has 0 amide bonds. The molecule has 0 radical (unpaired) electrons. The average Bonchev–Trinajstić information content (AvgIpc) is 2.71. The van der Waals surface area contributed by atoms with Crippen LogP contribution in [0.15, 0.2) is 40.8 Å². The van der Waals surface area contributed by atoms with Gasteiger partial charge in [0.2, 0.25) is 0 Å². The molecule has 2 aromatic rings. The van der Waals surface area contributed by atoms with E-state index in [4.69, 9.17) is 9.52 Å². The second-order valence-electron chi connectivity index (χ2n) is 4.20. The van der Waals surface area contributed by atoms with E-state index in [0.717, 1.165) is 5.56 Å². The van der Waals surface area contributed by atoms with Gasteiger partial charge in [0.1, 0.15) is 17.1 Å². The first kappa shape index (κ1) is 13.5. The van der Waals surface area contributed by atoms with Crippen LogP contribution in [0.5, 0.6) is 0 Å². The first-order valence-corrected chi connectivity index (χ1v) is 7.26. The molecule has 1 heterocycles. The molecule has 2 rings (SSSR count). The molecule has 0 bridgehead atoms. The maximum atomic E-state index is 12.0. The van der Waals surface area contributed by atoms with Gasteiger partial charge in [-0.05, 0) is 18.6 Å². The van der Waals surface area contributed by atoms with E-state index in [1.165, 1.54) is 6.07 Å². The summed E-state index contributed by atoms with van der Waals surface area (Å²) in [5.41, 5.74) is 1.12. The smallest absolute Gasteiger partial charge is 0.339 e. The second-order valence-corrected chi connectivity index (χ2v) is 5.66. The molecule has 0 saturated carbocycles. The highest BCUT2D eigenvalue weighted by atomic mass is 32.2. The van der Waals surface area contributed by atoms with Crippen molar-refractivity contribution in [3.8, 4) is 0 Å². The minimum Gasteiger partial charge on any atom is -0.478 e. The lowest BCUT2D eigenvalue weighted by molar-refractivity contribution is 0.0695. The fraction of sp³-hybridized carbons (Fsp3) is 0.214. The van der Waals surface area contributed by atoms with E-state index in [1.54, 1.807) is 6.92 Å². The Kier molecular flexibility index (Phi) is 4.16. The Morgan fingerprint density at radius 1 is 1.26 bits per heavy atom. The highest BCUT2D eigenvalue weighted by molar-refractivity contribution is 7.83. The number of carboxylic acid groups (broad SMARTS) is 1. The van der Waals surface area contributed by atoms with Crippen molar-refractivity contribution in [2.75, 3.05) is 0 Å². The Morgan fingerprint density at radius 3 is 2.53 bits per heavy atom. The standard InChI is InChI=1S/C14H14O4S/c1-10-13(14(15)16)7-12(18-10)9-19(17)8-11-5-3-2-4-6-11/h2-7H,8-9H2,1H3,(H,15,16). The zero-order chi connectivity index (χ0) is 13.8. The molecule has 1 aromatic carbocycles. The van der Waals surface area contributed by atoms with E-state index in [0.29, 0.717) is 17.3 Å². The van der Waals surface area contributed by atoms with E-state index in [9.17, 15) is 9.00 Å². The summed E-state index contributed by atoms with van der Waals surface area (Å²) in [6.07, 6.45) is 0. The number of hydrogen-bond donors (Lipinski definition) is 1. The van der Waals surface area contributed by atoms with Crippen molar-refractivity contribution in [2.45, 2.75) is 18.4 Å². The molecular weight excluding hydrogens is 264 g/mol. The first-order chi connectivity index (χ1) is 9.06. The molecule has 1 aromatic heterocycles. The topological polar surface area (TPSA) is 67.5 Å². The Bertz CT molecular complexity index is 601. The van der Waals surface area contributed by atoms with Crippen molar-refractivity contribution in [2.24, 2.45) is 0 Å². The van der Waals surface area contributed by atoms with Gasteiger partial charge in [0.25, 0.3) is 0 Å². The Balaban J connectivity index is 2.03. The van der Waals surface area contributed by atoms with Gasteiger partial charge in [-0.3, -0.25) is 4.21 Å². The molecule has 0 aliphatic rings. The third-order valence-corrected chi connectivity index (χ3v) is 3.93. The number of aromatic carboxylic acids is 1. The van der Waals surface area contributed by atoms with Crippen LogP contribution in [-0.4, -0.2) is 15.3 Å². The molecule has 19 heavy (non-hydrogen) atoms. The molecule has 0 aliphatic heterocycles. The van der Waals surface area contributed by atoms with Crippen LogP contribution < -0.4 is 0 Å². The van der Waals surface area contributed by atoms with Crippen molar-refractivity contribution in [3.05, 3.63) is 59.0 Å². The summed E-state index contributed by atoms with van der Waals surface area (Å²) < 4.78 is 17.3. The SMILES string of the molecule is Cc1oc(CS(=O)Cc2ccccc2)cc1C(=O)O. The fourth-order valence-electron chi connectivity index (χ4n) is 1.80. The van der Waals surface area contributed by atoms with E-state index in [1.807, 2.05) is 30.3 Å². The molecule has 1 atom stereocenters. The highest BCUT2D eigenvalue weighted by Crippen LogP contribution is 2.17. The highest BCUT2D eigenvalue weighted by Gasteiger charge is 2.15. The van der Waals surface area contributed by atoms with Gasteiger partial charge in [-0.25, -0.2) is 4.79 Å². The summed E-state index contributed by atoms with van der Waals surface area (Å²) in [6, 6.07) is 11.0. The maximum absolute atomic E-state index is 12.0. The van der Waals surface area contributed by atoms with Gasteiger partial charge in [-0.2, -0.15) is 0 Å². The molecule has 1 N–H and O–H groups in total. The van der Waals surface area contributed by atoms with Gasteiger partial charge in [0.05, 0.1) is 5.75 Å². The van der Waals surface area contributed by atoms with E-state index in [-0.39, 0.29) is 11.3 Å². The monoisotopic (exact) mass is 278 g/mol. The Morgan fingerprint density at radius 2 is 1.95 bits per heavy atom. The number of benzene rings is 1. The van der Waals surface area contributed by atoms with Gasteiger partial charge in [-0.15, -0.1) is 0 Å². The minimum atomic E-state index is -1.12. The van der Waals surface area contributed by atoms with Crippen LogP contribution in [0, 0.1) is 6.92 Å². The molecule has 4 nitrogen and oxygen atoms in total. The van der Waals surface area contributed by atoms with Crippen LogP contribution in [0.4, 0.5) is 0 Å². The van der Waals surface area contributed by atoms with Gasteiger partial charge in [-0.1, -0.05) is 30.3 Å². The molecule has 0 aliphatic carbocycles. The zero-order valence-corrected chi connectivity index (χ0v) is 11.3. The Hall–Kier alpha value is -1.88. The molecule has 5 heteroatoms. The lowest BCUT2D eigenvalue weighted by Crippen LogP contribution is -1.98. The van der Waals surface area contributed by atoms with Crippen LogP contribution in [0.3, 0.4) is 0 Å². The predicted molar refractivity (Wildman–Crippen MR) is 72.4 cm³/mol.